The summed E-state index contributed by atoms with van der Waals surface area (Å²) in [5.74, 6) is 0. The van der Waals surface area contributed by atoms with E-state index in [2.05, 4.69) is 0 Å². The zero-order chi connectivity index (χ0) is 20.2. The van der Waals surface area contributed by atoms with Crippen molar-refractivity contribution < 1.29 is 14.8 Å². The maximum absolute atomic E-state index is 10.9. The summed E-state index contributed by atoms with van der Waals surface area (Å²) < 4.78 is 0. The molecule has 0 aliphatic heterocycles. The quantitative estimate of drug-likeness (QED) is 0.147. The molecule has 0 aromatic heterocycles. The number of allylic oxidation sites excluding steroid dienone is 11. The molecule has 0 spiro atoms. The van der Waals surface area contributed by atoms with Crippen LogP contribution < -0.4 is 0 Å². The monoisotopic (exact) mass is 372 g/mol. The molecule has 0 bridgehead atoms. The van der Waals surface area contributed by atoms with E-state index in [1.807, 2.05) is 73.1 Å². The lowest BCUT2D eigenvalue weighted by atomic mass is 10.1. The lowest BCUT2D eigenvalue weighted by molar-refractivity contribution is -0.533. The summed E-state index contributed by atoms with van der Waals surface area (Å²) >= 11 is 0. The highest BCUT2D eigenvalue weighted by atomic mass is 16.6. The van der Waals surface area contributed by atoms with E-state index < -0.39 is 17.1 Å². The SMILES string of the molecule is CCC(O)C(C/C=C\C\C=C/C=C\C=C/C=C\C/C=C\CC[C]=O)[N+](=O)[O-]. The second-order valence-corrected chi connectivity index (χ2v) is 5.79. The van der Waals surface area contributed by atoms with E-state index >= 15 is 0 Å². The van der Waals surface area contributed by atoms with Gasteiger partial charge in [-0.15, -0.1) is 0 Å². The molecule has 0 fully saturated rings. The minimum Gasteiger partial charge on any atom is -0.386 e. The Bertz CT molecular complexity index is 571. The Morgan fingerprint density at radius 3 is 2.00 bits per heavy atom. The number of unbranched alkanes of at least 4 members (excludes halogenated alkanes) is 1. The number of aliphatic hydroxyl groups excluding tert-OH is 1. The van der Waals surface area contributed by atoms with E-state index in [1.54, 1.807) is 13.0 Å². The van der Waals surface area contributed by atoms with Gasteiger partial charge in [0.05, 0.1) is 0 Å². The van der Waals surface area contributed by atoms with Gasteiger partial charge in [0.1, 0.15) is 6.10 Å². The first-order valence-electron chi connectivity index (χ1n) is 9.25. The molecule has 0 aliphatic rings. The summed E-state index contributed by atoms with van der Waals surface area (Å²) in [5, 5.41) is 20.5. The van der Waals surface area contributed by atoms with Crippen molar-refractivity contribution in [2.75, 3.05) is 0 Å². The molecule has 1 radical (unpaired) electrons. The van der Waals surface area contributed by atoms with Crippen LogP contribution in [0.15, 0.2) is 72.9 Å². The standard InChI is InChI=1S/C22H30NO4/c1-2-22(25)21(23(26)27)19-17-15-13-11-9-7-5-3-4-6-8-10-12-14-16-18-20-24/h3-9,11-12,14-15,17,21-22,25H,2,10,13,16,18-19H2,1H3/b4-3-,7-5-,8-6-,11-9-,14-12-,17-15-. The first kappa shape index (κ1) is 24.5. The fraction of sp³-hybridized carbons (Fsp3) is 0.409. The summed E-state index contributed by atoms with van der Waals surface area (Å²) in [5.41, 5.74) is 0. The Labute approximate surface area is 162 Å². The molecule has 2 unspecified atom stereocenters. The van der Waals surface area contributed by atoms with Crippen LogP contribution in [-0.2, 0) is 4.79 Å². The Morgan fingerprint density at radius 1 is 0.926 bits per heavy atom. The largest absolute Gasteiger partial charge is 0.386 e. The van der Waals surface area contributed by atoms with Gasteiger partial charge in [-0.3, -0.25) is 14.9 Å². The number of hydrogen-bond donors (Lipinski definition) is 1. The van der Waals surface area contributed by atoms with Gasteiger partial charge in [0, 0.05) is 17.8 Å². The number of rotatable bonds is 15. The van der Waals surface area contributed by atoms with Crippen molar-refractivity contribution in [2.24, 2.45) is 0 Å². The van der Waals surface area contributed by atoms with Crippen molar-refractivity contribution in [2.45, 2.75) is 57.6 Å². The van der Waals surface area contributed by atoms with Crippen LogP contribution >= 0.6 is 0 Å². The summed E-state index contributed by atoms with van der Waals surface area (Å²) in [6.45, 7) is 1.73. The molecule has 0 aromatic rings. The van der Waals surface area contributed by atoms with Crippen LogP contribution in [0.2, 0.25) is 0 Å². The van der Waals surface area contributed by atoms with E-state index in [4.69, 9.17) is 0 Å². The highest BCUT2D eigenvalue weighted by Gasteiger charge is 2.26. The number of carbonyl (C=O) groups excluding carboxylic acids is 1. The minimum absolute atomic E-state index is 0.242. The number of hydrogen-bond acceptors (Lipinski definition) is 4. The molecule has 1 N–H and O–H groups in total. The Morgan fingerprint density at radius 2 is 1.48 bits per heavy atom. The van der Waals surface area contributed by atoms with Crippen LogP contribution in [0.3, 0.4) is 0 Å². The smallest absolute Gasteiger partial charge is 0.241 e. The topological polar surface area (TPSA) is 80.4 Å². The summed E-state index contributed by atoms with van der Waals surface area (Å²) in [7, 11) is 0. The van der Waals surface area contributed by atoms with E-state index in [0.29, 0.717) is 19.3 Å². The molecule has 0 saturated heterocycles. The molecule has 27 heavy (non-hydrogen) atoms. The van der Waals surface area contributed by atoms with Crippen molar-refractivity contribution in [3.63, 3.8) is 0 Å². The number of nitro groups is 1. The second kappa shape index (κ2) is 18.3. The van der Waals surface area contributed by atoms with Gasteiger partial charge in [0.2, 0.25) is 6.04 Å². The van der Waals surface area contributed by atoms with Crippen molar-refractivity contribution in [1.82, 2.24) is 0 Å². The van der Waals surface area contributed by atoms with Gasteiger partial charge in [0.15, 0.2) is 6.29 Å². The summed E-state index contributed by atoms with van der Waals surface area (Å²) in [6.07, 6.45) is 27.4. The third-order valence-corrected chi connectivity index (χ3v) is 3.63. The number of aliphatic hydroxyl groups is 1. The third-order valence-electron chi connectivity index (χ3n) is 3.63. The molecule has 147 valence electrons. The highest BCUT2D eigenvalue weighted by molar-refractivity contribution is 5.50. The van der Waals surface area contributed by atoms with Gasteiger partial charge < -0.3 is 5.11 Å². The Hall–Kier alpha value is -2.53. The summed E-state index contributed by atoms with van der Waals surface area (Å²) in [4.78, 5) is 20.5. The molecular weight excluding hydrogens is 342 g/mol. The molecule has 5 heteroatoms. The van der Waals surface area contributed by atoms with Crippen LogP contribution in [0.1, 0.15) is 45.4 Å². The number of nitrogens with zero attached hydrogens (tertiary/aromatic N) is 1. The minimum atomic E-state index is -0.932. The molecule has 5 nitrogen and oxygen atoms in total. The summed E-state index contributed by atoms with van der Waals surface area (Å²) in [6, 6.07) is -0.932. The van der Waals surface area contributed by atoms with Gasteiger partial charge in [0.25, 0.3) is 0 Å². The van der Waals surface area contributed by atoms with Gasteiger partial charge >= 0.3 is 0 Å². The molecule has 2 atom stereocenters. The van der Waals surface area contributed by atoms with Crippen molar-refractivity contribution in [3.05, 3.63) is 83.0 Å². The predicted octanol–water partition coefficient (Wildman–Crippen LogP) is 4.80. The normalized spacial score (nSPS) is 15.2. The van der Waals surface area contributed by atoms with E-state index in [-0.39, 0.29) is 6.42 Å². The molecule has 0 saturated carbocycles. The zero-order valence-electron chi connectivity index (χ0n) is 15.9. The van der Waals surface area contributed by atoms with Gasteiger partial charge in [-0.25, -0.2) is 0 Å². The predicted molar refractivity (Wildman–Crippen MR) is 111 cm³/mol. The first-order valence-corrected chi connectivity index (χ1v) is 9.25. The Balaban J connectivity index is 3.93. The molecule has 0 aromatic carbocycles. The van der Waals surface area contributed by atoms with Gasteiger partial charge in [-0.05, 0) is 25.7 Å². The van der Waals surface area contributed by atoms with Crippen LogP contribution in [-0.4, -0.2) is 28.5 Å². The molecule has 0 amide bonds. The highest BCUT2D eigenvalue weighted by Crippen LogP contribution is 2.08. The zero-order valence-corrected chi connectivity index (χ0v) is 15.9. The maximum Gasteiger partial charge on any atom is 0.241 e. The van der Waals surface area contributed by atoms with Crippen LogP contribution in [0.5, 0.6) is 0 Å². The fourth-order valence-electron chi connectivity index (χ4n) is 2.07. The van der Waals surface area contributed by atoms with Crippen molar-refractivity contribution in [1.29, 1.82) is 0 Å². The second-order valence-electron chi connectivity index (χ2n) is 5.79. The van der Waals surface area contributed by atoms with Crippen LogP contribution in [0, 0.1) is 10.1 Å². The molecule has 0 rings (SSSR count). The molecular formula is C22H30NO4. The average Bonchev–Trinajstić information content (AvgIpc) is 2.66. The van der Waals surface area contributed by atoms with Crippen molar-refractivity contribution in [3.8, 4) is 0 Å². The van der Waals surface area contributed by atoms with E-state index in [0.717, 1.165) is 12.8 Å². The van der Waals surface area contributed by atoms with Crippen molar-refractivity contribution >= 4 is 6.29 Å². The van der Waals surface area contributed by atoms with Crippen LogP contribution in [0.4, 0.5) is 0 Å². The lowest BCUT2D eigenvalue weighted by Gasteiger charge is -2.12. The molecule has 0 heterocycles. The maximum atomic E-state index is 10.9. The molecule has 0 aliphatic carbocycles. The first-order chi connectivity index (χ1) is 13.1. The van der Waals surface area contributed by atoms with Gasteiger partial charge in [-0.1, -0.05) is 79.8 Å². The van der Waals surface area contributed by atoms with Crippen LogP contribution in [0.25, 0.3) is 0 Å². The lowest BCUT2D eigenvalue weighted by Crippen LogP contribution is -2.32. The van der Waals surface area contributed by atoms with E-state index in [1.165, 1.54) is 0 Å². The van der Waals surface area contributed by atoms with E-state index in [9.17, 15) is 20.0 Å². The van der Waals surface area contributed by atoms with Gasteiger partial charge in [-0.2, -0.15) is 0 Å². The third kappa shape index (κ3) is 15.4. The fourth-order valence-corrected chi connectivity index (χ4v) is 2.07. The Kier molecular flexibility index (Phi) is 16.6. The average molecular weight is 372 g/mol.